The molecular weight excluding hydrogens is 309 g/mol. The molecule has 1 aromatic rings. The molecule has 1 unspecified atom stereocenters. The van der Waals surface area contributed by atoms with E-state index in [9.17, 15) is 0 Å². The van der Waals surface area contributed by atoms with Crippen molar-refractivity contribution in [3.05, 3.63) is 33.4 Å². The normalized spacial score (nSPS) is 13.8. The molecule has 1 aromatic carbocycles. The van der Waals surface area contributed by atoms with Crippen molar-refractivity contribution in [2.75, 3.05) is 7.05 Å². The Labute approximate surface area is 113 Å². The Bertz CT molecular complexity index is 311. The molecule has 1 rings (SSSR count). The standard InChI is InChI=1S/C14H22IN/c1-14(2,3)13(16-4)10-7-11-5-8-12(15)9-6-11/h5-6,8-9,13,16H,7,10H2,1-4H3. The second kappa shape index (κ2) is 6.01. The molecule has 0 aliphatic heterocycles. The van der Waals surface area contributed by atoms with Crippen molar-refractivity contribution < 1.29 is 0 Å². The highest BCUT2D eigenvalue weighted by atomic mass is 127. The van der Waals surface area contributed by atoms with Crippen LogP contribution >= 0.6 is 22.6 Å². The molecule has 0 aromatic heterocycles. The highest BCUT2D eigenvalue weighted by Crippen LogP contribution is 2.23. The molecule has 0 saturated heterocycles. The van der Waals surface area contributed by atoms with Gasteiger partial charge < -0.3 is 5.32 Å². The predicted molar refractivity (Wildman–Crippen MR) is 79.8 cm³/mol. The minimum absolute atomic E-state index is 0.331. The Morgan fingerprint density at radius 2 is 1.75 bits per heavy atom. The average molecular weight is 331 g/mol. The van der Waals surface area contributed by atoms with Crippen LogP contribution in [-0.4, -0.2) is 13.1 Å². The number of nitrogens with one attached hydrogen (secondary N) is 1. The minimum atomic E-state index is 0.331. The van der Waals surface area contributed by atoms with E-state index in [1.54, 1.807) is 0 Å². The second-order valence-electron chi connectivity index (χ2n) is 5.37. The molecule has 0 saturated carbocycles. The zero-order valence-electron chi connectivity index (χ0n) is 10.7. The van der Waals surface area contributed by atoms with E-state index < -0.39 is 0 Å². The van der Waals surface area contributed by atoms with E-state index in [0.717, 1.165) is 6.42 Å². The summed E-state index contributed by atoms with van der Waals surface area (Å²) in [5, 5.41) is 3.42. The van der Waals surface area contributed by atoms with Crippen molar-refractivity contribution in [2.45, 2.75) is 39.7 Å². The van der Waals surface area contributed by atoms with E-state index in [-0.39, 0.29) is 0 Å². The highest BCUT2D eigenvalue weighted by Gasteiger charge is 2.22. The van der Waals surface area contributed by atoms with Crippen molar-refractivity contribution in [3.8, 4) is 0 Å². The van der Waals surface area contributed by atoms with Crippen molar-refractivity contribution in [3.63, 3.8) is 0 Å². The second-order valence-corrected chi connectivity index (χ2v) is 6.62. The van der Waals surface area contributed by atoms with Gasteiger partial charge in [-0.3, -0.25) is 0 Å². The van der Waals surface area contributed by atoms with E-state index in [1.807, 2.05) is 0 Å². The molecule has 0 radical (unpaired) electrons. The maximum Gasteiger partial charge on any atom is 0.0130 e. The summed E-state index contributed by atoms with van der Waals surface area (Å²) in [5.41, 5.74) is 1.77. The first-order valence-electron chi connectivity index (χ1n) is 5.85. The summed E-state index contributed by atoms with van der Waals surface area (Å²) in [6.45, 7) is 6.88. The number of aryl methyl sites for hydroxylation is 1. The number of rotatable bonds is 4. The lowest BCUT2D eigenvalue weighted by Gasteiger charge is -2.30. The van der Waals surface area contributed by atoms with Gasteiger partial charge in [-0.2, -0.15) is 0 Å². The van der Waals surface area contributed by atoms with Gasteiger partial charge in [-0.05, 0) is 65.6 Å². The topological polar surface area (TPSA) is 12.0 Å². The summed E-state index contributed by atoms with van der Waals surface area (Å²) in [6, 6.07) is 9.41. The Morgan fingerprint density at radius 1 is 1.19 bits per heavy atom. The summed E-state index contributed by atoms with van der Waals surface area (Å²) in [5.74, 6) is 0. The molecule has 0 spiro atoms. The van der Waals surface area contributed by atoms with E-state index in [1.165, 1.54) is 15.6 Å². The Morgan fingerprint density at radius 3 is 2.19 bits per heavy atom. The molecule has 0 heterocycles. The van der Waals surface area contributed by atoms with Crippen LogP contribution in [0.25, 0.3) is 0 Å². The number of halogens is 1. The van der Waals surface area contributed by atoms with Crippen molar-refractivity contribution >= 4 is 22.6 Å². The fourth-order valence-electron chi connectivity index (χ4n) is 1.97. The lowest BCUT2D eigenvalue weighted by atomic mass is 9.83. The molecule has 1 nitrogen and oxygen atoms in total. The van der Waals surface area contributed by atoms with Gasteiger partial charge in [0.05, 0.1) is 0 Å². The molecule has 0 fully saturated rings. The van der Waals surface area contributed by atoms with Crippen molar-refractivity contribution in [2.24, 2.45) is 5.41 Å². The van der Waals surface area contributed by atoms with Crippen LogP contribution in [-0.2, 0) is 6.42 Å². The molecule has 90 valence electrons. The first-order chi connectivity index (χ1) is 7.43. The maximum atomic E-state index is 3.42. The molecule has 0 amide bonds. The average Bonchev–Trinajstić information content (AvgIpc) is 2.19. The van der Waals surface area contributed by atoms with Crippen LogP contribution in [0.4, 0.5) is 0 Å². The molecule has 0 bridgehead atoms. The van der Waals surface area contributed by atoms with Crippen molar-refractivity contribution in [1.82, 2.24) is 5.32 Å². The van der Waals surface area contributed by atoms with E-state index in [2.05, 4.69) is 80.0 Å². The van der Waals surface area contributed by atoms with Gasteiger partial charge >= 0.3 is 0 Å². The van der Waals surface area contributed by atoms with Gasteiger partial charge in [-0.15, -0.1) is 0 Å². The van der Waals surface area contributed by atoms with Crippen LogP contribution in [0.1, 0.15) is 32.8 Å². The maximum absolute atomic E-state index is 3.42. The molecule has 0 aliphatic carbocycles. The lowest BCUT2D eigenvalue weighted by Crippen LogP contribution is -2.38. The van der Waals surface area contributed by atoms with Gasteiger partial charge in [0.2, 0.25) is 0 Å². The van der Waals surface area contributed by atoms with E-state index in [0.29, 0.717) is 11.5 Å². The van der Waals surface area contributed by atoms with Crippen LogP contribution in [0.2, 0.25) is 0 Å². The number of hydrogen-bond donors (Lipinski definition) is 1. The molecule has 0 aliphatic rings. The monoisotopic (exact) mass is 331 g/mol. The van der Waals surface area contributed by atoms with Gasteiger partial charge in [-0.1, -0.05) is 32.9 Å². The predicted octanol–water partition coefficient (Wildman–Crippen LogP) is 3.86. The zero-order chi connectivity index (χ0) is 12.2. The Hall–Kier alpha value is -0.0900. The highest BCUT2D eigenvalue weighted by molar-refractivity contribution is 14.1. The molecule has 2 heteroatoms. The summed E-state index contributed by atoms with van der Waals surface area (Å²) < 4.78 is 1.31. The largest absolute Gasteiger partial charge is 0.316 e. The smallest absolute Gasteiger partial charge is 0.0130 e. The van der Waals surface area contributed by atoms with Crippen LogP contribution in [0.15, 0.2) is 24.3 Å². The third kappa shape index (κ3) is 4.42. The van der Waals surface area contributed by atoms with Gasteiger partial charge in [0, 0.05) is 9.61 Å². The SMILES string of the molecule is CNC(CCc1ccc(I)cc1)C(C)(C)C. The van der Waals surface area contributed by atoms with Gasteiger partial charge in [0.25, 0.3) is 0 Å². The zero-order valence-corrected chi connectivity index (χ0v) is 12.8. The van der Waals surface area contributed by atoms with Crippen LogP contribution < -0.4 is 5.32 Å². The fourth-order valence-corrected chi connectivity index (χ4v) is 2.33. The Kier molecular flexibility index (Phi) is 5.25. The van der Waals surface area contributed by atoms with Gasteiger partial charge in [0.15, 0.2) is 0 Å². The first-order valence-corrected chi connectivity index (χ1v) is 6.93. The quantitative estimate of drug-likeness (QED) is 0.826. The van der Waals surface area contributed by atoms with Crippen LogP contribution in [0.5, 0.6) is 0 Å². The molecular formula is C14H22IN. The van der Waals surface area contributed by atoms with Crippen molar-refractivity contribution in [1.29, 1.82) is 0 Å². The third-order valence-electron chi connectivity index (χ3n) is 3.03. The molecule has 1 atom stereocenters. The van der Waals surface area contributed by atoms with E-state index >= 15 is 0 Å². The Balaban J connectivity index is 2.53. The lowest BCUT2D eigenvalue weighted by molar-refractivity contribution is 0.268. The summed E-state index contributed by atoms with van der Waals surface area (Å²) in [7, 11) is 2.06. The summed E-state index contributed by atoms with van der Waals surface area (Å²) in [6.07, 6.45) is 2.35. The van der Waals surface area contributed by atoms with Crippen LogP contribution in [0.3, 0.4) is 0 Å². The van der Waals surface area contributed by atoms with E-state index in [4.69, 9.17) is 0 Å². The summed E-state index contributed by atoms with van der Waals surface area (Å²) >= 11 is 2.35. The number of benzene rings is 1. The molecule has 1 N–H and O–H groups in total. The van der Waals surface area contributed by atoms with Crippen LogP contribution in [0, 0.1) is 8.99 Å². The molecule has 16 heavy (non-hydrogen) atoms. The number of hydrogen-bond acceptors (Lipinski definition) is 1. The van der Waals surface area contributed by atoms with Gasteiger partial charge in [0.1, 0.15) is 0 Å². The first kappa shape index (κ1) is 14.0. The fraction of sp³-hybridized carbons (Fsp3) is 0.571. The summed E-state index contributed by atoms with van der Waals surface area (Å²) in [4.78, 5) is 0. The van der Waals surface area contributed by atoms with Gasteiger partial charge in [-0.25, -0.2) is 0 Å². The third-order valence-corrected chi connectivity index (χ3v) is 3.75. The minimum Gasteiger partial charge on any atom is -0.316 e.